The van der Waals surface area contributed by atoms with Gasteiger partial charge in [-0.25, -0.2) is 0 Å². The first-order valence-corrected chi connectivity index (χ1v) is 6.99. The lowest BCUT2D eigenvalue weighted by atomic mass is 10.1. The lowest BCUT2D eigenvalue weighted by Gasteiger charge is -2.24. The molecule has 1 fully saturated rings. The van der Waals surface area contributed by atoms with Crippen LogP contribution in [-0.2, 0) is 4.79 Å². The quantitative estimate of drug-likeness (QED) is 0.829. The van der Waals surface area contributed by atoms with Gasteiger partial charge >= 0.3 is 5.97 Å². The van der Waals surface area contributed by atoms with E-state index in [9.17, 15) is 9.90 Å². The molecule has 0 amide bonds. The number of rotatable bonds is 6. The van der Waals surface area contributed by atoms with Gasteiger partial charge in [0.05, 0.1) is 12.7 Å². The summed E-state index contributed by atoms with van der Waals surface area (Å²) in [5.41, 5.74) is 0.782. The van der Waals surface area contributed by atoms with Crippen molar-refractivity contribution in [2.75, 3.05) is 19.7 Å². The van der Waals surface area contributed by atoms with Crippen molar-refractivity contribution >= 4 is 5.97 Å². The van der Waals surface area contributed by atoms with Gasteiger partial charge in [0, 0.05) is 6.54 Å². The SMILES string of the molecule is CCOc1ccc(C(O)CN2CCCC2C(=O)O)cc1. The van der Waals surface area contributed by atoms with Crippen molar-refractivity contribution in [2.45, 2.75) is 31.9 Å². The van der Waals surface area contributed by atoms with Crippen LogP contribution < -0.4 is 4.74 Å². The van der Waals surface area contributed by atoms with Gasteiger partial charge in [-0.1, -0.05) is 12.1 Å². The van der Waals surface area contributed by atoms with Crippen LogP contribution in [-0.4, -0.2) is 46.8 Å². The van der Waals surface area contributed by atoms with Gasteiger partial charge in [-0.05, 0) is 44.0 Å². The number of aliphatic hydroxyl groups excluding tert-OH is 1. The molecule has 1 aliphatic heterocycles. The third kappa shape index (κ3) is 3.49. The highest BCUT2D eigenvalue weighted by atomic mass is 16.5. The second kappa shape index (κ2) is 6.72. The number of carbonyl (C=O) groups is 1. The van der Waals surface area contributed by atoms with Crippen molar-refractivity contribution in [1.29, 1.82) is 0 Å². The van der Waals surface area contributed by atoms with E-state index in [1.165, 1.54) is 0 Å². The molecule has 5 heteroatoms. The number of ether oxygens (including phenoxy) is 1. The van der Waals surface area contributed by atoms with Crippen LogP contribution in [0.4, 0.5) is 0 Å². The van der Waals surface area contributed by atoms with Crippen LogP contribution in [0.5, 0.6) is 5.75 Å². The topological polar surface area (TPSA) is 70.0 Å². The molecule has 1 aromatic rings. The Bertz CT molecular complexity index is 446. The van der Waals surface area contributed by atoms with E-state index >= 15 is 0 Å². The van der Waals surface area contributed by atoms with Crippen molar-refractivity contribution in [3.8, 4) is 5.75 Å². The number of carboxylic acid groups (broad SMARTS) is 1. The maximum atomic E-state index is 11.1. The summed E-state index contributed by atoms with van der Waals surface area (Å²) in [6, 6.07) is 6.82. The fourth-order valence-corrected chi connectivity index (χ4v) is 2.60. The Morgan fingerprint density at radius 3 is 2.75 bits per heavy atom. The number of β-amino-alcohol motifs (C(OH)–C–C–N with tert-alkyl or cyclic N) is 1. The Morgan fingerprint density at radius 2 is 2.15 bits per heavy atom. The number of nitrogens with zero attached hydrogens (tertiary/aromatic N) is 1. The fraction of sp³-hybridized carbons (Fsp3) is 0.533. The fourth-order valence-electron chi connectivity index (χ4n) is 2.60. The normalized spacial score (nSPS) is 20.8. The minimum absolute atomic E-state index is 0.352. The summed E-state index contributed by atoms with van der Waals surface area (Å²) in [6.45, 7) is 3.61. The summed E-state index contributed by atoms with van der Waals surface area (Å²) in [5.74, 6) is -0.0329. The summed E-state index contributed by atoms with van der Waals surface area (Å²) < 4.78 is 5.35. The summed E-state index contributed by atoms with van der Waals surface area (Å²) >= 11 is 0. The molecule has 1 saturated heterocycles. The van der Waals surface area contributed by atoms with Crippen LogP contribution in [0, 0.1) is 0 Å². The molecule has 5 nitrogen and oxygen atoms in total. The number of hydrogen-bond acceptors (Lipinski definition) is 4. The van der Waals surface area contributed by atoms with Crippen LogP contribution in [0.15, 0.2) is 24.3 Å². The predicted molar refractivity (Wildman–Crippen MR) is 74.8 cm³/mol. The lowest BCUT2D eigenvalue weighted by Crippen LogP contribution is -2.38. The van der Waals surface area contributed by atoms with Crippen LogP contribution in [0.25, 0.3) is 0 Å². The van der Waals surface area contributed by atoms with Crippen LogP contribution in [0.3, 0.4) is 0 Å². The van der Waals surface area contributed by atoms with Gasteiger partial charge in [0.25, 0.3) is 0 Å². The van der Waals surface area contributed by atoms with Crippen molar-refractivity contribution in [2.24, 2.45) is 0 Å². The standard InChI is InChI=1S/C15H21NO4/c1-2-20-12-7-5-11(6-8-12)14(17)10-16-9-3-4-13(16)15(18)19/h5-8,13-14,17H,2-4,9-10H2,1H3,(H,18,19). The average Bonchev–Trinajstić information content (AvgIpc) is 2.88. The molecule has 2 atom stereocenters. The Balaban J connectivity index is 1.97. The Labute approximate surface area is 118 Å². The van der Waals surface area contributed by atoms with E-state index in [4.69, 9.17) is 9.84 Å². The molecule has 0 aliphatic carbocycles. The molecule has 0 spiro atoms. The lowest BCUT2D eigenvalue weighted by molar-refractivity contribution is -0.142. The van der Waals surface area contributed by atoms with Gasteiger partial charge in [0.15, 0.2) is 0 Å². The first-order chi connectivity index (χ1) is 9.61. The molecule has 0 radical (unpaired) electrons. The maximum Gasteiger partial charge on any atom is 0.320 e. The summed E-state index contributed by atoms with van der Waals surface area (Å²) in [4.78, 5) is 12.9. The first-order valence-electron chi connectivity index (χ1n) is 6.99. The highest BCUT2D eigenvalue weighted by molar-refractivity contribution is 5.73. The minimum atomic E-state index is -0.804. The maximum absolute atomic E-state index is 11.1. The van der Waals surface area contributed by atoms with Crippen LogP contribution in [0.1, 0.15) is 31.4 Å². The van der Waals surface area contributed by atoms with Crippen LogP contribution in [0.2, 0.25) is 0 Å². The first kappa shape index (κ1) is 14.8. The van der Waals surface area contributed by atoms with Crippen LogP contribution >= 0.6 is 0 Å². The largest absolute Gasteiger partial charge is 0.494 e. The van der Waals surface area contributed by atoms with E-state index in [0.717, 1.165) is 24.3 Å². The number of benzene rings is 1. The van der Waals surface area contributed by atoms with Crippen molar-refractivity contribution in [3.05, 3.63) is 29.8 Å². The molecular weight excluding hydrogens is 258 g/mol. The molecule has 2 rings (SSSR count). The van der Waals surface area contributed by atoms with Crippen molar-refractivity contribution in [1.82, 2.24) is 4.90 Å². The Morgan fingerprint density at radius 1 is 1.45 bits per heavy atom. The van der Waals surface area contributed by atoms with Gasteiger partial charge in [-0.3, -0.25) is 9.69 Å². The summed E-state index contributed by atoms with van der Waals surface area (Å²) in [5, 5.41) is 19.3. The highest BCUT2D eigenvalue weighted by Crippen LogP contribution is 2.23. The monoisotopic (exact) mass is 279 g/mol. The molecule has 2 N–H and O–H groups in total. The number of carboxylic acids is 1. The average molecular weight is 279 g/mol. The zero-order valence-corrected chi connectivity index (χ0v) is 11.7. The van der Waals surface area contributed by atoms with E-state index in [0.29, 0.717) is 19.6 Å². The summed E-state index contributed by atoms with van der Waals surface area (Å²) in [7, 11) is 0. The minimum Gasteiger partial charge on any atom is -0.494 e. The molecule has 1 aliphatic rings. The molecule has 0 bridgehead atoms. The van der Waals surface area contributed by atoms with Gasteiger partial charge in [0.2, 0.25) is 0 Å². The molecule has 0 aromatic heterocycles. The second-order valence-corrected chi connectivity index (χ2v) is 5.01. The second-order valence-electron chi connectivity index (χ2n) is 5.01. The summed E-state index contributed by atoms with van der Waals surface area (Å²) in [6.07, 6.45) is 0.851. The third-order valence-electron chi connectivity index (χ3n) is 3.63. The van der Waals surface area contributed by atoms with Gasteiger partial charge in [0.1, 0.15) is 11.8 Å². The highest BCUT2D eigenvalue weighted by Gasteiger charge is 2.31. The molecule has 20 heavy (non-hydrogen) atoms. The predicted octanol–water partition coefficient (Wildman–Crippen LogP) is 1.67. The van der Waals surface area contributed by atoms with E-state index in [2.05, 4.69) is 0 Å². The molecule has 110 valence electrons. The smallest absolute Gasteiger partial charge is 0.320 e. The van der Waals surface area contributed by atoms with E-state index in [1.54, 1.807) is 0 Å². The molecule has 2 unspecified atom stereocenters. The zero-order chi connectivity index (χ0) is 14.5. The van der Waals surface area contributed by atoms with Crippen molar-refractivity contribution < 1.29 is 19.7 Å². The van der Waals surface area contributed by atoms with Gasteiger partial charge < -0.3 is 14.9 Å². The van der Waals surface area contributed by atoms with Gasteiger partial charge in [-0.15, -0.1) is 0 Å². The molecular formula is C15H21NO4. The van der Waals surface area contributed by atoms with Gasteiger partial charge in [-0.2, -0.15) is 0 Å². The number of aliphatic carboxylic acids is 1. The van der Waals surface area contributed by atoms with E-state index in [1.807, 2.05) is 36.1 Å². The zero-order valence-electron chi connectivity index (χ0n) is 11.7. The number of likely N-dealkylation sites (tertiary alicyclic amines) is 1. The Kier molecular flexibility index (Phi) is 4.98. The third-order valence-corrected chi connectivity index (χ3v) is 3.63. The Hall–Kier alpha value is -1.59. The molecule has 1 heterocycles. The molecule has 0 saturated carbocycles. The van der Waals surface area contributed by atoms with E-state index < -0.39 is 18.1 Å². The number of aliphatic hydroxyl groups is 1. The number of hydrogen-bond donors (Lipinski definition) is 2. The molecule has 1 aromatic carbocycles. The van der Waals surface area contributed by atoms with E-state index in [-0.39, 0.29) is 0 Å². The van der Waals surface area contributed by atoms with Crippen molar-refractivity contribution in [3.63, 3.8) is 0 Å².